The molecule has 29 heavy (non-hydrogen) atoms. The Balaban J connectivity index is 1.80. The minimum atomic E-state index is -0.324. The van der Waals surface area contributed by atoms with E-state index in [1.165, 1.54) is 4.57 Å². The molecule has 0 saturated heterocycles. The molecular weight excluding hydrogens is 366 g/mol. The van der Waals surface area contributed by atoms with Gasteiger partial charge in [0.15, 0.2) is 0 Å². The molecule has 1 N–H and O–H groups in total. The number of nitrogens with zero attached hydrogens (tertiary/aromatic N) is 4. The van der Waals surface area contributed by atoms with Gasteiger partial charge < -0.3 is 5.32 Å². The highest BCUT2D eigenvalue weighted by atomic mass is 16.2. The van der Waals surface area contributed by atoms with Crippen molar-refractivity contribution in [2.75, 3.05) is 5.32 Å². The molecule has 2 heterocycles. The Kier molecular flexibility index (Phi) is 4.88. The van der Waals surface area contributed by atoms with Gasteiger partial charge in [-0.1, -0.05) is 37.3 Å². The van der Waals surface area contributed by atoms with Crippen molar-refractivity contribution in [1.82, 2.24) is 19.2 Å². The number of benzene rings is 2. The van der Waals surface area contributed by atoms with Gasteiger partial charge in [-0.2, -0.15) is 0 Å². The van der Waals surface area contributed by atoms with Gasteiger partial charge in [0.05, 0.1) is 11.0 Å². The summed E-state index contributed by atoms with van der Waals surface area (Å²) < 4.78 is 3.28. The van der Waals surface area contributed by atoms with Gasteiger partial charge in [-0.05, 0) is 43.5 Å². The lowest BCUT2D eigenvalue weighted by atomic mass is 10.1. The minimum absolute atomic E-state index is 0.0976. The summed E-state index contributed by atoms with van der Waals surface area (Å²) in [6.07, 6.45) is 1.62. The van der Waals surface area contributed by atoms with Crippen LogP contribution in [-0.4, -0.2) is 25.1 Å². The molecule has 0 aliphatic rings. The van der Waals surface area contributed by atoms with Crippen LogP contribution in [0.5, 0.6) is 0 Å². The van der Waals surface area contributed by atoms with Crippen LogP contribution in [0.2, 0.25) is 0 Å². The van der Waals surface area contributed by atoms with Crippen molar-refractivity contribution in [3.05, 3.63) is 69.8 Å². The van der Waals surface area contributed by atoms with E-state index >= 15 is 0 Å². The summed E-state index contributed by atoms with van der Waals surface area (Å²) in [5, 5.41) is 11.3. The van der Waals surface area contributed by atoms with Crippen LogP contribution in [0.4, 0.5) is 5.69 Å². The van der Waals surface area contributed by atoms with Gasteiger partial charge in [0.1, 0.15) is 12.4 Å². The Bertz CT molecular complexity index is 1270. The molecule has 0 atom stereocenters. The van der Waals surface area contributed by atoms with Crippen LogP contribution in [-0.2, 0) is 17.8 Å². The van der Waals surface area contributed by atoms with Crippen LogP contribution >= 0.6 is 0 Å². The van der Waals surface area contributed by atoms with Gasteiger partial charge in [-0.3, -0.25) is 18.6 Å². The summed E-state index contributed by atoms with van der Waals surface area (Å²) in [6, 6.07) is 13.4. The van der Waals surface area contributed by atoms with Gasteiger partial charge in [0.25, 0.3) is 5.56 Å². The van der Waals surface area contributed by atoms with Crippen molar-refractivity contribution in [3.8, 4) is 0 Å². The number of aromatic nitrogens is 4. The number of anilines is 1. The molecule has 0 bridgehead atoms. The Morgan fingerprint density at radius 3 is 2.38 bits per heavy atom. The van der Waals surface area contributed by atoms with Crippen molar-refractivity contribution in [2.24, 2.45) is 0 Å². The third-order valence-corrected chi connectivity index (χ3v) is 5.10. The van der Waals surface area contributed by atoms with Gasteiger partial charge in [-0.25, -0.2) is 0 Å². The van der Waals surface area contributed by atoms with E-state index in [2.05, 4.69) is 22.4 Å². The smallest absolute Gasteiger partial charge is 0.297 e. The lowest BCUT2D eigenvalue weighted by molar-refractivity contribution is -0.116. The molecule has 0 aliphatic carbocycles. The van der Waals surface area contributed by atoms with E-state index in [1.54, 1.807) is 4.40 Å². The Morgan fingerprint density at radius 1 is 1.00 bits per heavy atom. The van der Waals surface area contributed by atoms with Crippen molar-refractivity contribution in [1.29, 1.82) is 0 Å². The molecule has 1 amide bonds. The number of carbonyl (C=O) groups excluding carboxylic acids is 1. The normalized spacial score (nSPS) is 11.3. The SMILES string of the molecule is CCCc1nnc2c(=O)n(CC(=O)Nc3c(C)cccc3C)c3ccccc3n12. The molecule has 0 unspecified atom stereocenters. The molecular formula is C22H23N5O2. The standard InChI is InChI=1S/C22H23N5O2/c1-4-8-18-24-25-21-22(29)26(16-11-5-6-12-17(16)27(18)21)13-19(28)23-20-14(2)9-7-10-15(20)3/h5-7,9-12H,4,8,13H2,1-3H3,(H,23,28). The zero-order chi connectivity index (χ0) is 20.5. The second-order valence-electron chi connectivity index (χ2n) is 7.22. The highest BCUT2D eigenvalue weighted by Gasteiger charge is 2.18. The number of nitrogens with one attached hydrogen (secondary N) is 1. The quantitative estimate of drug-likeness (QED) is 0.568. The largest absolute Gasteiger partial charge is 0.324 e. The molecule has 7 nitrogen and oxygen atoms in total. The zero-order valence-corrected chi connectivity index (χ0v) is 16.8. The highest BCUT2D eigenvalue weighted by molar-refractivity contribution is 5.93. The summed E-state index contributed by atoms with van der Waals surface area (Å²) in [5.41, 5.74) is 4.15. The number of fused-ring (bicyclic) bond motifs is 3. The molecule has 0 saturated carbocycles. The number of amides is 1. The summed E-state index contributed by atoms with van der Waals surface area (Å²) in [5.74, 6) is 0.496. The molecule has 4 aromatic rings. The van der Waals surface area contributed by atoms with Crippen LogP contribution in [0.3, 0.4) is 0 Å². The summed E-state index contributed by atoms with van der Waals surface area (Å²) in [7, 11) is 0. The molecule has 0 spiro atoms. The van der Waals surface area contributed by atoms with E-state index in [9.17, 15) is 9.59 Å². The molecule has 0 radical (unpaired) electrons. The Morgan fingerprint density at radius 2 is 1.69 bits per heavy atom. The van der Waals surface area contributed by atoms with E-state index in [0.29, 0.717) is 5.52 Å². The zero-order valence-electron chi connectivity index (χ0n) is 16.8. The fourth-order valence-corrected chi connectivity index (χ4v) is 3.70. The van der Waals surface area contributed by atoms with Crippen molar-refractivity contribution < 1.29 is 4.79 Å². The average Bonchev–Trinajstić information content (AvgIpc) is 3.12. The number of rotatable bonds is 5. The Hall–Kier alpha value is -3.48. The van der Waals surface area contributed by atoms with Crippen molar-refractivity contribution in [3.63, 3.8) is 0 Å². The van der Waals surface area contributed by atoms with Crippen LogP contribution in [0, 0.1) is 13.8 Å². The molecule has 4 rings (SSSR count). The predicted molar refractivity (Wildman–Crippen MR) is 113 cm³/mol. The maximum atomic E-state index is 13.1. The first kappa shape index (κ1) is 18.9. The fraction of sp³-hybridized carbons (Fsp3) is 0.273. The lowest BCUT2D eigenvalue weighted by Gasteiger charge is -2.14. The van der Waals surface area contributed by atoms with E-state index in [-0.39, 0.29) is 23.7 Å². The van der Waals surface area contributed by atoms with Crippen LogP contribution < -0.4 is 10.9 Å². The summed E-state index contributed by atoms with van der Waals surface area (Å²) in [4.78, 5) is 26.0. The van der Waals surface area contributed by atoms with Crippen LogP contribution in [0.1, 0.15) is 30.3 Å². The first-order valence-corrected chi connectivity index (χ1v) is 9.73. The molecule has 7 heteroatoms. The predicted octanol–water partition coefficient (Wildman–Crippen LogP) is 3.25. The fourth-order valence-electron chi connectivity index (χ4n) is 3.70. The topological polar surface area (TPSA) is 81.3 Å². The molecule has 2 aromatic carbocycles. The summed E-state index contributed by atoms with van der Waals surface area (Å²) >= 11 is 0. The second-order valence-corrected chi connectivity index (χ2v) is 7.22. The van der Waals surface area contributed by atoms with Crippen LogP contribution in [0.25, 0.3) is 16.7 Å². The molecule has 0 aliphatic heterocycles. The lowest BCUT2D eigenvalue weighted by Crippen LogP contribution is -2.30. The third kappa shape index (κ3) is 3.29. The first-order valence-electron chi connectivity index (χ1n) is 9.73. The monoisotopic (exact) mass is 389 g/mol. The Labute approximate surface area is 168 Å². The van der Waals surface area contributed by atoms with Crippen molar-refractivity contribution >= 4 is 28.3 Å². The number of hydrogen-bond acceptors (Lipinski definition) is 4. The minimum Gasteiger partial charge on any atom is -0.324 e. The van der Waals surface area contributed by atoms with Gasteiger partial charge in [0.2, 0.25) is 11.6 Å². The highest BCUT2D eigenvalue weighted by Crippen LogP contribution is 2.20. The average molecular weight is 389 g/mol. The van der Waals surface area contributed by atoms with E-state index in [4.69, 9.17) is 0 Å². The van der Waals surface area contributed by atoms with Gasteiger partial charge in [-0.15, -0.1) is 10.2 Å². The molecule has 148 valence electrons. The van der Waals surface area contributed by atoms with E-state index in [1.807, 2.05) is 56.3 Å². The van der Waals surface area contributed by atoms with E-state index in [0.717, 1.165) is 41.0 Å². The van der Waals surface area contributed by atoms with E-state index < -0.39 is 0 Å². The summed E-state index contributed by atoms with van der Waals surface area (Å²) in [6.45, 7) is 5.85. The maximum absolute atomic E-state index is 13.1. The number of para-hydroxylation sites is 3. The second kappa shape index (κ2) is 7.50. The first-order chi connectivity index (χ1) is 14.0. The van der Waals surface area contributed by atoms with Crippen LogP contribution in [0.15, 0.2) is 47.3 Å². The number of hydrogen-bond donors (Lipinski definition) is 1. The number of aryl methyl sites for hydroxylation is 3. The number of carbonyl (C=O) groups is 1. The van der Waals surface area contributed by atoms with Gasteiger partial charge in [0, 0.05) is 12.1 Å². The third-order valence-electron chi connectivity index (χ3n) is 5.10. The van der Waals surface area contributed by atoms with Crippen molar-refractivity contribution in [2.45, 2.75) is 40.2 Å². The maximum Gasteiger partial charge on any atom is 0.297 e. The molecule has 0 fully saturated rings. The van der Waals surface area contributed by atoms with Gasteiger partial charge >= 0.3 is 0 Å². The molecule has 2 aromatic heterocycles.